The molecule has 0 aromatic heterocycles. The summed E-state index contributed by atoms with van der Waals surface area (Å²) >= 11 is 0. The van der Waals surface area contributed by atoms with E-state index in [1.165, 1.54) is 0 Å². The third kappa shape index (κ3) is 2.73. The second-order valence-electron chi connectivity index (χ2n) is 4.16. The maximum absolute atomic E-state index is 12.1. The minimum absolute atomic E-state index is 0.309. The van der Waals surface area contributed by atoms with E-state index in [1.54, 1.807) is 18.2 Å². The molecule has 1 heterocycles. The second kappa shape index (κ2) is 4.96. The Bertz CT molecular complexity index is 600. The van der Waals surface area contributed by atoms with Crippen LogP contribution in [0.1, 0.15) is 12.0 Å². The molecule has 104 valence electrons. The van der Waals surface area contributed by atoms with Crippen LogP contribution in [-0.2, 0) is 21.4 Å². The number of methoxy groups -OCH3 is 1. The summed E-state index contributed by atoms with van der Waals surface area (Å²) in [4.78, 5) is 11.1. The molecule has 0 aliphatic carbocycles. The van der Waals surface area contributed by atoms with Gasteiger partial charge in [0.2, 0.25) is 0 Å². The average molecular weight is 285 g/mol. The van der Waals surface area contributed by atoms with E-state index in [1.807, 2.05) is 4.72 Å². The van der Waals surface area contributed by atoms with E-state index in [0.717, 1.165) is 23.4 Å². The van der Waals surface area contributed by atoms with E-state index in [2.05, 4.69) is 4.74 Å². The predicted octanol–water partition coefficient (Wildman–Crippen LogP) is 0.622. The third-order valence-electron chi connectivity index (χ3n) is 2.87. The fourth-order valence-corrected chi connectivity index (χ4v) is 3.24. The van der Waals surface area contributed by atoms with Crippen LogP contribution < -0.4 is 14.8 Å². The number of fused-ring (bicyclic) bond motifs is 1. The molecule has 1 aliphatic heterocycles. The first kappa shape index (κ1) is 13.5. The molecular weight excluding hydrogens is 270 g/mol. The van der Waals surface area contributed by atoms with Gasteiger partial charge < -0.3 is 10.5 Å². The minimum Gasteiger partial charge on any atom is -0.452 e. The van der Waals surface area contributed by atoms with Gasteiger partial charge in [-0.25, -0.2) is 9.52 Å². The summed E-state index contributed by atoms with van der Waals surface area (Å²) in [6, 6.07) is 5.01. The maximum atomic E-state index is 12.1. The Balaban J connectivity index is 2.36. The Morgan fingerprint density at radius 3 is 2.89 bits per heavy atom. The lowest BCUT2D eigenvalue weighted by molar-refractivity contribution is 0.177. The van der Waals surface area contributed by atoms with Crippen LogP contribution in [0.5, 0.6) is 0 Å². The number of benzene rings is 1. The summed E-state index contributed by atoms with van der Waals surface area (Å²) in [7, 11) is -2.85. The molecule has 0 saturated heterocycles. The summed E-state index contributed by atoms with van der Waals surface area (Å²) in [5.74, 6) is 0. The molecule has 2 rings (SSSR count). The van der Waals surface area contributed by atoms with Gasteiger partial charge in [-0.15, -0.1) is 0 Å². The van der Waals surface area contributed by atoms with Crippen molar-refractivity contribution < 1.29 is 17.9 Å². The van der Waals surface area contributed by atoms with Crippen LogP contribution in [0.15, 0.2) is 18.2 Å². The van der Waals surface area contributed by atoms with Crippen LogP contribution in [0, 0.1) is 0 Å². The van der Waals surface area contributed by atoms with E-state index >= 15 is 0 Å². The standard InChI is InChI=1S/C11H15N3O4S/c1-18-11(15)13-19(16,17)14-6-2-3-8-7-9(12)4-5-10(8)14/h4-5,7H,2-3,6,12H2,1H3,(H,13,15). The molecule has 0 bridgehead atoms. The molecule has 0 atom stereocenters. The Hall–Kier alpha value is -1.96. The zero-order valence-corrected chi connectivity index (χ0v) is 11.2. The molecule has 7 nitrogen and oxygen atoms in total. The highest BCUT2D eigenvalue weighted by Crippen LogP contribution is 2.30. The number of hydrogen-bond acceptors (Lipinski definition) is 5. The molecule has 19 heavy (non-hydrogen) atoms. The Morgan fingerprint density at radius 2 is 2.21 bits per heavy atom. The van der Waals surface area contributed by atoms with Gasteiger partial charge in [-0.2, -0.15) is 8.42 Å². The SMILES string of the molecule is COC(=O)NS(=O)(=O)N1CCCc2cc(N)ccc21. The maximum Gasteiger partial charge on any atom is 0.422 e. The van der Waals surface area contributed by atoms with Crippen molar-refractivity contribution in [1.82, 2.24) is 4.72 Å². The number of anilines is 2. The molecule has 0 unspecified atom stereocenters. The number of carbonyl (C=O) groups is 1. The largest absolute Gasteiger partial charge is 0.452 e. The lowest BCUT2D eigenvalue weighted by Crippen LogP contribution is -2.45. The lowest BCUT2D eigenvalue weighted by atomic mass is 10.0. The fourth-order valence-electron chi connectivity index (χ4n) is 2.03. The van der Waals surface area contributed by atoms with Crippen LogP contribution in [0.2, 0.25) is 0 Å². The van der Waals surface area contributed by atoms with E-state index in [-0.39, 0.29) is 0 Å². The molecule has 1 amide bonds. The fraction of sp³-hybridized carbons (Fsp3) is 0.364. The van der Waals surface area contributed by atoms with E-state index in [0.29, 0.717) is 24.3 Å². The van der Waals surface area contributed by atoms with Crippen molar-refractivity contribution >= 4 is 27.7 Å². The highest BCUT2D eigenvalue weighted by molar-refractivity contribution is 7.91. The monoisotopic (exact) mass is 285 g/mol. The number of ether oxygens (including phenoxy) is 1. The first-order valence-corrected chi connectivity index (χ1v) is 7.15. The summed E-state index contributed by atoms with van der Waals surface area (Å²) in [6.07, 6.45) is 0.408. The Kier molecular flexibility index (Phi) is 3.52. The van der Waals surface area contributed by atoms with Gasteiger partial charge >= 0.3 is 16.3 Å². The van der Waals surface area contributed by atoms with Crippen molar-refractivity contribution in [3.8, 4) is 0 Å². The van der Waals surface area contributed by atoms with Crippen LogP contribution in [-0.4, -0.2) is 28.2 Å². The number of nitrogens with one attached hydrogen (secondary N) is 1. The molecule has 0 radical (unpaired) electrons. The van der Waals surface area contributed by atoms with Gasteiger partial charge in [-0.05, 0) is 36.6 Å². The van der Waals surface area contributed by atoms with Gasteiger partial charge in [0.1, 0.15) is 0 Å². The number of hydrogen-bond donors (Lipinski definition) is 2. The average Bonchev–Trinajstić information content (AvgIpc) is 2.37. The highest BCUT2D eigenvalue weighted by atomic mass is 32.2. The van der Waals surface area contributed by atoms with Crippen LogP contribution in [0.4, 0.5) is 16.2 Å². The van der Waals surface area contributed by atoms with Crippen molar-refractivity contribution in [2.75, 3.05) is 23.7 Å². The van der Waals surface area contributed by atoms with Crippen LogP contribution in [0.25, 0.3) is 0 Å². The number of nitrogen functional groups attached to an aromatic ring is 1. The zero-order valence-electron chi connectivity index (χ0n) is 10.4. The van der Waals surface area contributed by atoms with Gasteiger partial charge in [0.25, 0.3) is 0 Å². The molecule has 0 saturated carbocycles. The number of nitrogens with two attached hydrogens (primary N) is 1. The smallest absolute Gasteiger partial charge is 0.422 e. The molecule has 0 fully saturated rings. The summed E-state index contributed by atoms with van der Waals surface area (Å²) < 4.78 is 31.5. The van der Waals surface area contributed by atoms with Crippen LogP contribution >= 0.6 is 0 Å². The first-order valence-electron chi connectivity index (χ1n) is 5.71. The van der Waals surface area contributed by atoms with Gasteiger partial charge in [0.15, 0.2) is 0 Å². The number of amides is 1. The third-order valence-corrected chi connectivity index (χ3v) is 4.25. The Labute approximate surface area is 111 Å². The topological polar surface area (TPSA) is 102 Å². The number of carbonyl (C=O) groups excluding carboxylic acids is 1. The molecule has 1 aromatic carbocycles. The van der Waals surface area contributed by atoms with E-state index in [4.69, 9.17) is 5.73 Å². The van der Waals surface area contributed by atoms with Gasteiger partial charge in [0.05, 0.1) is 12.8 Å². The summed E-state index contributed by atoms with van der Waals surface area (Å²) in [5.41, 5.74) is 7.65. The first-order chi connectivity index (χ1) is 8.94. The number of aryl methyl sites for hydroxylation is 1. The molecule has 1 aromatic rings. The van der Waals surface area contributed by atoms with Crippen molar-refractivity contribution in [2.24, 2.45) is 0 Å². The summed E-state index contributed by atoms with van der Waals surface area (Å²) in [6.45, 7) is 0.309. The molecule has 1 aliphatic rings. The van der Waals surface area contributed by atoms with Crippen molar-refractivity contribution in [3.63, 3.8) is 0 Å². The number of nitrogens with zero attached hydrogens (tertiary/aromatic N) is 1. The Morgan fingerprint density at radius 1 is 1.47 bits per heavy atom. The van der Waals surface area contributed by atoms with Gasteiger partial charge in [0, 0.05) is 12.2 Å². The van der Waals surface area contributed by atoms with Crippen LogP contribution in [0.3, 0.4) is 0 Å². The number of rotatable bonds is 2. The van der Waals surface area contributed by atoms with E-state index < -0.39 is 16.3 Å². The quantitative estimate of drug-likeness (QED) is 0.776. The zero-order chi connectivity index (χ0) is 14.0. The molecule has 3 N–H and O–H groups in total. The van der Waals surface area contributed by atoms with Crippen molar-refractivity contribution in [3.05, 3.63) is 23.8 Å². The van der Waals surface area contributed by atoms with E-state index in [9.17, 15) is 13.2 Å². The highest BCUT2D eigenvalue weighted by Gasteiger charge is 2.29. The lowest BCUT2D eigenvalue weighted by Gasteiger charge is -2.30. The molecular formula is C11H15N3O4S. The van der Waals surface area contributed by atoms with Gasteiger partial charge in [-0.3, -0.25) is 4.31 Å². The minimum atomic E-state index is -3.95. The summed E-state index contributed by atoms with van der Waals surface area (Å²) in [5, 5.41) is 0. The molecule has 0 spiro atoms. The van der Waals surface area contributed by atoms with Crippen molar-refractivity contribution in [2.45, 2.75) is 12.8 Å². The second-order valence-corrected chi connectivity index (χ2v) is 5.76. The molecule has 8 heteroatoms. The normalized spacial score (nSPS) is 14.7. The van der Waals surface area contributed by atoms with Gasteiger partial charge in [-0.1, -0.05) is 0 Å². The van der Waals surface area contributed by atoms with Crippen molar-refractivity contribution in [1.29, 1.82) is 0 Å². The predicted molar refractivity (Wildman–Crippen MR) is 71.0 cm³/mol.